The number of unbranched alkanes of at least 4 members (excludes halogenated alkanes) is 1. The van der Waals surface area contributed by atoms with Crippen LogP contribution in [0.25, 0.3) is 0 Å². The van der Waals surface area contributed by atoms with Crippen molar-refractivity contribution in [3.05, 3.63) is 25.3 Å². The van der Waals surface area contributed by atoms with Crippen LogP contribution in [0.5, 0.6) is 0 Å². The molecule has 0 aromatic rings. The van der Waals surface area contributed by atoms with Crippen molar-refractivity contribution in [3.8, 4) is 0 Å². The molecule has 0 saturated carbocycles. The van der Waals surface area contributed by atoms with Gasteiger partial charge in [-0.15, -0.1) is 0 Å². The van der Waals surface area contributed by atoms with E-state index >= 15 is 0 Å². The molecule has 16 heavy (non-hydrogen) atoms. The molecule has 6 heteroatoms. The Morgan fingerprint density at radius 1 is 1.25 bits per heavy atom. The number of hydrogen-bond acceptors (Lipinski definition) is 2. The fraction of sp³-hybridized carbons (Fsp3) is 0.400. The monoisotopic (exact) mass is 247 g/mol. The third-order valence-electron chi connectivity index (χ3n) is 1.19. The zero-order chi connectivity index (χ0) is 11.4. The molecule has 0 saturated heterocycles. The summed E-state index contributed by atoms with van der Waals surface area (Å²) in [5.74, 6) is -1.06. The van der Waals surface area contributed by atoms with E-state index in [2.05, 4.69) is 25.4 Å². The summed E-state index contributed by atoms with van der Waals surface area (Å²) < 4.78 is 0. The number of rotatable bonds is 5. The van der Waals surface area contributed by atoms with Gasteiger partial charge in [0.25, 0.3) is 0 Å². The number of amides is 1. The molecule has 1 amide bonds. The number of carboxylic acid groups (broad SMARTS) is 1. The van der Waals surface area contributed by atoms with Crippen LogP contribution in [0.3, 0.4) is 0 Å². The molecule has 0 unspecified atom stereocenters. The zero-order valence-electron chi connectivity index (χ0n) is 8.45. The normalized spacial score (nSPS) is 6.81. The van der Waals surface area contributed by atoms with Crippen LogP contribution in [0.4, 0.5) is 0 Å². The van der Waals surface area contributed by atoms with E-state index < -0.39 is 5.97 Å². The van der Waals surface area contributed by atoms with Crippen molar-refractivity contribution < 1.29 is 14.7 Å². The molecule has 0 aliphatic carbocycles. The first-order valence-corrected chi connectivity index (χ1v) is 4.34. The molecule has 2 N–H and O–H groups in total. The Morgan fingerprint density at radius 3 is 1.94 bits per heavy atom. The van der Waals surface area contributed by atoms with Gasteiger partial charge in [0, 0.05) is 12.6 Å². The van der Waals surface area contributed by atoms with Gasteiger partial charge in [-0.2, -0.15) is 0 Å². The van der Waals surface area contributed by atoms with E-state index in [0.29, 0.717) is 0 Å². The molecule has 0 rings (SSSR count). The van der Waals surface area contributed by atoms with Crippen molar-refractivity contribution in [2.75, 3.05) is 6.54 Å². The number of hydrogen-bond donors (Lipinski definition) is 2. The van der Waals surface area contributed by atoms with Crippen molar-refractivity contribution >= 4 is 71.0 Å². The Morgan fingerprint density at radius 2 is 1.69 bits per heavy atom. The van der Waals surface area contributed by atoms with Gasteiger partial charge in [0.05, 0.1) is 0 Å². The van der Waals surface area contributed by atoms with Crippen LogP contribution in [0.2, 0.25) is 0 Å². The predicted octanol–water partition coefficient (Wildman–Crippen LogP) is 0.0487. The Balaban J connectivity index is -0.0000000904. The maximum atomic E-state index is 10.5. The Kier molecular flexibility index (Phi) is 32.9. The van der Waals surface area contributed by atoms with Gasteiger partial charge < -0.3 is 10.4 Å². The number of carboxylic acids is 1. The van der Waals surface area contributed by atoms with Crippen molar-refractivity contribution in [3.63, 3.8) is 0 Å². The van der Waals surface area contributed by atoms with E-state index in [-0.39, 0.29) is 65.0 Å². The molecular formula is C10H19NNa2O3. The molecule has 0 radical (unpaired) electrons. The first kappa shape index (κ1) is 25.3. The summed E-state index contributed by atoms with van der Waals surface area (Å²) in [5.41, 5.74) is 0. The van der Waals surface area contributed by atoms with Gasteiger partial charge in [-0.1, -0.05) is 26.5 Å². The molecule has 4 nitrogen and oxygen atoms in total. The molecule has 0 aromatic heterocycles. The third kappa shape index (κ3) is 29.3. The molecule has 0 aliphatic rings. The van der Waals surface area contributed by atoms with Gasteiger partial charge in [-0.25, -0.2) is 4.79 Å². The summed E-state index contributed by atoms with van der Waals surface area (Å²) in [7, 11) is 0. The maximum absolute atomic E-state index is 10.5. The molecule has 0 atom stereocenters. The van der Waals surface area contributed by atoms with Gasteiger partial charge in [-0.05, 0) is 12.5 Å². The summed E-state index contributed by atoms with van der Waals surface area (Å²) in [6.07, 6.45) is 4.27. The number of carbonyl (C=O) groups excluding carboxylic acids is 1. The van der Waals surface area contributed by atoms with Crippen LogP contribution in [0, 0.1) is 0 Å². The zero-order valence-corrected chi connectivity index (χ0v) is 8.45. The van der Waals surface area contributed by atoms with Crippen LogP contribution in [0.15, 0.2) is 25.3 Å². The van der Waals surface area contributed by atoms with Crippen LogP contribution in [0.1, 0.15) is 19.8 Å². The Hall–Kier alpha value is 0.420. The SMILES string of the molecule is C=CC(=O)NCCCC.C=CC(=O)O.[NaH].[NaH]. The van der Waals surface area contributed by atoms with E-state index in [1.54, 1.807) is 0 Å². The number of nitrogens with one attached hydrogen (secondary N) is 1. The van der Waals surface area contributed by atoms with Crippen LogP contribution < -0.4 is 5.32 Å². The molecular weight excluding hydrogens is 228 g/mol. The summed E-state index contributed by atoms with van der Waals surface area (Å²) in [5, 5.41) is 10.3. The van der Waals surface area contributed by atoms with Crippen molar-refractivity contribution in [1.29, 1.82) is 0 Å². The first-order valence-electron chi connectivity index (χ1n) is 4.34. The number of carbonyl (C=O) groups is 2. The van der Waals surface area contributed by atoms with E-state index in [1.807, 2.05) is 0 Å². The minimum atomic E-state index is -0.981. The van der Waals surface area contributed by atoms with Crippen LogP contribution in [-0.4, -0.2) is 82.6 Å². The fourth-order valence-corrected chi connectivity index (χ4v) is 0.461. The van der Waals surface area contributed by atoms with Gasteiger partial charge in [0.15, 0.2) is 0 Å². The standard InChI is InChI=1S/C7H13NO.C3H4O2.2Na.2H/c1-3-5-6-8-7(9)4-2;1-2-3(4)5;;;;/h4H,2-3,5-6H2,1H3,(H,8,9);2H,1H2,(H,4,5);;;;. The molecule has 0 aliphatic heterocycles. The van der Waals surface area contributed by atoms with Gasteiger partial charge in [-0.3, -0.25) is 4.79 Å². The number of aliphatic carboxylic acids is 1. The van der Waals surface area contributed by atoms with Gasteiger partial charge in [0.2, 0.25) is 5.91 Å². The van der Waals surface area contributed by atoms with Crippen molar-refractivity contribution in [2.24, 2.45) is 0 Å². The van der Waals surface area contributed by atoms with E-state index in [0.717, 1.165) is 25.5 Å². The molecule has 0 heterocycles. The Bertz CT molecular complexity index is 208. The topological polar surface area (TPSA) is 66.4 Å². The summed E-state index contributed by atoms with van der Waals surface area (Å²) in [4.78, 5) is 19.7. The van der Waals surface area contributed by atoms with Crippen molar-refractivity contribution in [2.45, 2.75) is 19.8 Å². The van der Waals surface area contributed by atoms with Crippen LogP contribution in [-0.2, 0) is 9.59 Å². The van der Waals surface area contributed by atoms with Crippen molar-refractivity contribution in [1.82, 2.24) is 5.32 Å². The van der Waals surface area contributed by atoms with E-state index in [9.17, 15) is 9.59 Å². The molecule has 84 valence electrons. The quantitative estimate of drug-likeness (QED) is 0.410. The summed E-state index contributed by atoms with van der Waals surface area (Å²) in [6, 6.07) is 0. The fourth-order valence-electron chi connectivity index (χ4n) is 0.461. The second kappa shape index (κ2) is 20.8. The average molecular weight is 247 g/mol. The van der Waals surface area contributed by atoms with E-state index in [4.69, 9.17) is 5.11 Å². The Labute approximate surface area is 141 Å². The minimum absolute atomic E-state index is 0. The van der Waals surface area contributed by atoms with Gasteiger partial charge >= 0.3 is 65.1 Å². The second-order valence-electron chi connectivity index (χ2n) is 2.39. The predicted molar refractivity (Wildman–Crippen MR) is 70.2 cm³/mol. The molecule has 0 bridgehead atoms. The molecule has 0 spiro atoms. The second-order valence-corrected chi connectivity index (χ2v) is 2.39. The first-order chi connectivity index (χ1) is 6.58. The summed E-state index contributed by atoms with van der Waals surface area (Å²) >= 11 is 0. The molecule has 0 fully saturated rings. The summed E-state index contributed by atoms with van der Waals surface area (Å²) in [6.45, 7) is 9.14. The van der Waals surface area contributed by atoms with E-state index in [1.165, 1.54) is 6.08 Å². The third-order valence-corrected chi connectivity index (χ3v) is 1.19. The average Bonchev–Trinajstić information content (AvgIpc) is 2.19. The van der Waals surface area contributed by atoms with Crippen LogP contribution >= 0.6 is 0 Å². The molecule has 0 aromatic carbocycles. The van der Waals surface area contributed by atoms with Gasteiger partial charge in [0.1, 0.15) is 0 Å².